The van der Waals surface area contributed by atoms with Gasteiger partial charge in [-0.05, 0) is 45.0 Å². The molecular formula is C14H15FN2OS. The first-order valence-corrected chi connectivity index (χ1v) is 6.83. The van der Waals surface area contributed by atoms with Crippen molar-refractivity contribution in [2.24, 2.45) is 0 Å². The van der Waals surface area contributed by atoms with E-state index in [4.69, 9.17) is 0 Å². The van der Waals surface area contributed by atoms with Crippen molar-refractivity contribution in [1.29, 1.82) is 0 Å². The zero-order chi connectivity index (χ0) is 14.0. The van der Waals surface area contributed by atoms with Crippen LogP contribution in [0.15, 0.2) is 24.3 Å². The van der Waals surface area contributed by atoms with Crippen molar-refractivity contribution in [1.82, 2.24) is 10.3 Å². The predicted molar refractivity (Wildman–Crippen MR) is 74.8 cm³/mol. The molecule has 2 rings (SSSR count). The Morgan fingerprint density at radius 1 is 1.32 bits per heavy atom. The Morgan fingerprint density at radius 2 is 1.95 bits per heavy atom. The molecule has 0 saturated carbocycles. The molecule has 0 aliphatic rings. The first kappa shape index (κ1) is 13.7. The zero-order valence-corrected chi connectivity index (χ0v) is 11.8. The van der Waals surface area contributed by atoms with Crippen LogP contribution >= 0.6 is 11.3 Å². The van der Waals surface area contributed by atoms with Gasteiger partial charge in [0.2, 0.25) is 0 Å². The highest BCUT2D eigenvalue weighted by Crippen LogP contribution is 2.28. The molecule has 0 fully saturated rings. The Morgan fingerprint density at radius 3 is 2.53 bits per heavy atom. The van der Waals surface area contributed by atoms with Crippen LogP contribution in [0.25, 0.3) is 10.6 Å². The van der Waals surface area contributed by atoms with Crippen LogP contribution in [0.4, 0.5) is 4.39 Å². The highest BCUT2D eigenvalue weighted by atomic mass is 32.1. The van der Waals surface area contributed by atoms with Crippen LogP contribution in [-0.4, -0.2) is 16.9 Å². The number of hydrogen-bond acceptors (Lipinski definition) is 3. The fourth-order valence-corrected chi connectivity index (χ4v) is 2.63. The number of hydrogen-bond donors (Lipinski definition) is 1. The number of carbonyl (C=O) groups excluding carboxylic acids is 1. The first-order chi connectivity index (χ1) is 8.97. The van der Waals surface area contributed by atoms with Gasteiger partial charge in [-0.25, -0.2) is 9.37 Å². The topological polar surface area (TPSA) is 42.0 Å². The molecule has 0 unspecified atom stereocenters. The number of nitrogens with one attached hydrogen (secondary N) is 1. The molecule has 19 heavy (non-hydrogen) atoms. The molecule has 0 aliphatic carbocycles. The molecule has 1 N–H and O–H groups in total. The molecule has 5 heteroatoms. The second-order valence-corrected chi connectivity index (χ2v) is 5.57. The van der Waals surface area contributed by atoms with Gasteiger partial charge in [0.1, 0.15) is 15.7 Å². The number of amides is 1. The lowest BCUT2D eigenvalue weighted by atomic mass is 10.2. The lowest BCUT2D eigenvalue weighted by molar-refractivity contribution is 0.0946. The van der Waals surface area contributed by atoms with Crippen molar-refractivity contribution < 1.29 is 9.18 Å². The molecule has 0 spiro atoms. The summed E-state index contributed by atoms with van der Waals surface area (Å²) in [7, 11) is 0. The summed E-state index contributed by atoms with van der Waals surface area (Å²) in [4.78, 5) is 17.0. The summed E-state index contributed by atoms with van der Waals surface area (Å²) in [5, 5.41) is 3.57. The predicted octanol–water partition coefficient (Wildman–Crippen LogP) is 3.40. The summed E-state index contributed by atoms with van der Waals surface area (Å²) in [5.41, 5.74) is 1.51. The Kier molecular flexibility index (Phi) is 3.95. The molecule has 100 valence electrons. The van der Waals surface area contributed by atoms with Gasteiger partial charge < -0.3 is 5.32 Å². The largest absolute Gasteiger partial charge is 0.349 e. The van der Waals surface area contributed by atoms with Gasteiger partial charge in [-0.2, -0.15) is 0 Å². The van der Waals surface area contributed by atoms with Crippen LogP contribution in [0, 0.1) is 12.7 Å². The van der Waals surface area contributed by atoms with E-state index in [0.29, 0.717) is 10.6 Å². The third kappa shape index (κ3) is 3.17. The number of carbonyl (C=O) groups is 1. The molecule has 1 heterocycles. The normalized spacial score (nSPS) is 10.8. The van der Waals surface area contributed by atoms with Crippen molar-refractivity contribution in [3.63, 3.8) is 0 Å². The third-order valence-electron chi connectivity index (χ3n) is 2.51. The Labute approximate surface area is 115 Å². The van der Waals surface area contributed by atoms with E-state index < -0.39 is 0 Å². The van der Waals surface area contributed by atoms with Crippen molar-refractivity contribution in [3.8, 4) is 10.6 Å². The quantitative estimate of drug-likeness (QED) is 0.935. The molecule has 0 aliphatic heterocycles. The summed E-state index contributed by atoms with van der Waals surface area (Å²) in [6.45, 7) is 5.63. The highest BCUT2D eigenvalue weighted by Gasteiger charge is 2.16. The van der Waals surface area contributed by atoms with Crippen molar-refractivity contribution in [3.05, 3.63) is 40.7 Å². The van der Waals surface area contributed by atoms with E-state index in [0.717, 1.165) is 10.6 Å². The highest BCUT2D eigenvalue weighted by molar-refractivity contribution is 7.17. The second-order valence-electron chi connectivity index (χ2n) is 4.57. The number of thiazole rings is 1. The Hall–Kier alpha value is -1.75. The summed E-state index contributed by atoms with van der Waals surface area (Å²) in [5.74, 6) is -0.395. The number of benzene rings is 1. The van der Waals surface area contributed by atoms with Gasteiger partial charge in [-0.15, -0.1) is 11.3 Å². The summed E-state index contributed by atoms with van der Waals surface area (Å²) < 4.78 is 12.9. The maximum Gasteiger partial charge on any atom is 0.263 e. The number of halogens is 1. The summed E-state index contributed by atoms with van der Waals surface area (Å²) in [6, 6.07) is 6.19. The van der Waals surface area contributed by atoms with Crippen LogP contribution in [0.1, 0.15) is 29.2 Å². The van der Waals surface area contributed by atoms with Crippen molar-refractivity contribution >= 4 is 17.2 Å². The average Bonchev–Trinajstić information content (AvgIpc) is 2.71. The van der Waals surface area contributed by atoms with Crippen molar-refractivity contribution in [2.45, 2.75) is 26.8 Å². The molecule has 0 bridgehead atoms. The molecule has 0 radical (unpaired) electrons. The fourth-order valence-electron chi connectivity index (χ4n) is 1.65. The van der Waals surface area contributed by atoms with Crippen LogP contribution < -0.4 is 5.32 Å². The summed E-state index contributed by atoms with van der Waals surface area (Å²) >= 11 is 1.32. The minimum absolute atomic E-state index is 0.0864. The second kappa shape index (κ2) is 5.48. The number of aryl methyl sites for hydroxylation is 1. The van der Waals surface area contributed by atoms with E-state index in [-0.39, 0.29) is 17.8 Å². The maximum atomic E-state index is 12.9. The van der Waals surface area contributed by atoms with E-state index >= 15 is 0 Å². The van der Waals surface area contributed by atoms with E-state index in [2.05, 4.69) is 10.3 Å². The third-order valence-corrected chi connectivity index (χ3v) is 3.72. The van der Waals surface area contributed by atoms with E-state index in [1.165, 1.54) is 23.5 Å². The zero-order valence-electron chi connectivity index (χ0n) is 11.0. The molecular weight excluding hydrogens is 263 g/mol. The Balaban J connectivity index is 2.30. The van der Waals surface area contributed by atoms with E-state index in [1.807, 2.05) is 13.8 Å². The van der Waals surface area contributed by atoms with Gasteiger partial charge in [0.05, 0.1) is 5.69 Å². The van der Waals surface area contributed by atoms with Gasteiger partial charge in [0.25, 0.3) is 5.91 Å². The molecule has 1 amide bonds. The number of aromatic nitrogens is 1. The first-order valence-electron chi connectivity index (χ1n) is 6.01. The van der Waals surface area contributed by atoms with Crippen LogP contribution in [0.2, 0.25) is 0 Å². The van der Waals surface area contributed by atoms with Gasteiger partial charge in [0.15, 0.2) is 0 Å². The molecule has 1 aromatic heterocycles. The van der Waals surface area contributed by atoms with E-state index in [1.54, 1.807) is 19.1 Å². The van der Waals surface area contributed by atoms with Crippen LogP contribution in [0.3, 0.4) is 0 Å². The standard InChI is InChI=1S/C14H15FN2OS/c1-8(2)16-13(18)12-9(3)17-14(19-12)10-4-6-11(15)7-5-10/h4-8H,1-3H3,(H,16,18). The lowest BCUT2D eigenvalue weighted by Gasteiger charge is -2.06. The Bertz CT molecular complexity index is 590. The van der Waals surface area contributed by atoms with Crippen LogP contribution in [-0.2, 0) is 0 Å². The molecule has 0 saturated heterocycles. The SMILES string of the molecule is Cc1nc(-c2ccc(F)cc2)sc1C(=O)NC(C)C. The fraction of sp³-hybridized carbons (Fsp3) is 0.286. The van der Waals surface area contributed by atoms with Crippen molar-refractivity contribution in [2.75, 3.05) is 0 Å². The van der Waals surface area contributed by atoms with Crippen LogP contribution in [0.5, 0.6) is 0 Å². The lowest BCUT2D eigenvalue weighted by Crippen LogP contribution is -2.29. The van der Waals surface area contributed by atoms with Gasteiger partial charge in [0, 0.05) is 11.6 Å². The number of rotatable bonds is 3. The van der Waals surface area contributed by atoms with Gasteiger partial charge in [-0.1, -0.05) is 0 Å². The number of nitrogens with zero attached hydrogens (tertiary/aromatic N) is 1. The smallest absolute Gasteiger partial charge is 0.263 e. The minimum atomic E-state index is -0.283. The van der Waals surface area contributed by atoms with E-state index in [9.17, 15) is 9.18 Å². The maximum absolute atomic E-state index is 12.9. The van der Waals surface area contributed by atoms with Gasteiger partial charge >= 0.3 is 0 Å². The monoisotopic (exact) mass is 278 g/mol. The van der Waals surface area contributed by atoms with Gasteiger partial charge in [-0.3, -0.25) is 4.79 Å². The molecule has 0 atom stereocenters. The summed E-state index contributed by atoms with van der Waals surface area (Å²) in [6.07, 6.45) is 0. The molecule has 3 nitrogen and oxygen atoms in total. The average molecular weight is 278 g/mol. The minimum Gasteiger partial charge on any atom is -0.349 e. The molecule has 1 aromatic carbocycles. The molecule has 2 aromatic rings.